The Kier molecular flexibility index (Phi) is 4.96. The van der Waals surface area contributed by atoms with E-state index in [2.05, 4.69) is 12.2 Å². The fourth-order valence-electron chi connectivity index (χ4n) is 2.71. The number of carboxylic acids is 1. The molecule has 1 aliphatic carbocycles. The molecule has 0 aromatic heterocycles. The van der Waals surface area contributed by atoms with Crippen LogP contribution in [-0.2, 0) is 9.59 Å². The lowest BCUT2D eigenvalue weighted by Crippen LogP contribution is -2.60. The van der Waals surface area contributed by atoms with Gasteiger partial charge < -0.3 is 16.2 Å². The number of nitrogens with one attached hydrogen (secondary N) is 1. The first-order valence-corrected chi connectivity index (χ1v) is 6.98. The number of carbonyl (C=O) groups excluding carboxylic acids is 1. The zero-order chi connectivity index (χ0) is 14.7. The van der Waals surface area contributed by atoms with Crippen molar-refractivity contribution in [1.82, 2.24) is 5.32 Å². The molecule has 0 heterocycles. The van der Waals surface area contributed by atoms with Crippen molar-refractivity contribution in [3.8, 4) is 0 Å². The average molecular weight is 270 g/mol. The number of nitrogens with two attached hydrogens (primary N) is 1. The van der Waals surface area contributed by atoms with E-state index < -0.39 is 17.0 Å². The molecular weight excluding hydrogens is 244 g/mol. The first-order chi connectivity index (χ1) is 8.65. The monoisotopic (exact) mass is 270 g/mol. The predicted molar refractivity (Wildman–Crippen MR) is 73.6 cm³/mol. The van der Waals surface area contributed by atoms with Crippen LogP contribution < -0.4 is 11.1 Å². The van der Waals surface area contributed by atoms with Gasteiger partial charge in [-0.3, -0.25) is 9.59 Å². The number of carboxylic acid groups (broad SMARTS) is 1. The minimum absolute atomic E-state index is 0.0429. The van der Waals surface area contributed by atoms with Crippen LogP contribution in [0.1, 0.15) is 59.3 Å². The fraction of sp³-hybridized carbons (Fsp3) is 0.857. The van der Waals surface area contributed by atoms with Gasteiger partial charge in [-0.1, -0.05) is 19.8 Å². The molecule has 2 atom stereocenters. The summed E-state index contributed by atoms with van der Waals surface area (Å²) in [6, 6.07) is 0. The maximum Gasteiger partial charge on any atom is 0.303 e. The molecule has 0 aromatic carbocycles. The first-order valence-electron chi connectivity index (χ1n) is 6.98. The summed E-state index contributed by atoms with van der Waals surface area (Å²) in [6.07, 6.45) is 3.95. The summed E-state index contributed by atoms with van der Waals surface area (Å²) in [6.45, 7) is 5.79. The summed E-state index contributed by atoms with van der Waals surface area (Å²) in [7, 11) is 0. The number of aliphatic carboxylic acids is 1. The summed E-state index contributed by atoms with van der Waals surface area (Å²) >= 11 is 0. The maximum atomic E-state index is 12.3. The Balaban J connectivity index is 2.59. The Morgan fingerprint density at radius 1 is 1.47 bits per heavy atom. The summed E-state index contributed by atoms with van der Waals surface area (Å²) in [5.74, 6) is -0.530. The Bertz CT molecular complexity index is 355. The third-order valence-corrected chi connectivity index (χ3v) is 3.90. The van der Waals surface area contributed by atoms with E-state index in [1.54, 1.807) is 0 Å². The zero-order valence-electron chi connectivity index (χ0n) is 12.2. The van der Waals surface area contributed by atoms with Crippen LogP contribution in [0.2, 0.25) is 0 Å². The summed E-state index contributed by atoms with van der Waals surface area (Å²) in [5.41, 5.74) is 4.90. The third-order valence-electron chi connectivity index (χ3n) is 3.90. The highest BCUT2D eigenvalue weighted by Crippen LogP contribution is 2.31. The molecule has 2 unspecified atom stereocenters. The van der Waals surface area contributed by atoms with Gasteiger partial charge in [-0.15, -0.1) is 0 Å². The third kappa shape index (κ3) is 4.82. The minimum atomic E-state index is -0.851. The van der Waals surface area contributed by atoms with E-state index in [1.165, 1.54) is 0 Å². The van der Waals surface area contributed by atoms with E-state index in [1.807, 2.05) is 13.8 Å². The van der Waals surface area contributed by atoms with Gasteiger partial charge in [0.25, 0.3) is 0 Å². The van der Waals surface area contributed by atoms with Gasteiger partial charge in [0.15, 0.2) is 0 Å². The number of amides is 1. The van der Waals surface area contributed by atoms with Gasteiger partial charge in [-0.2, -0.15) is 0 Å². The molecule has 1 aliphatic rings. The van der Waals surface area contributed by atoms with Gasteiger partial charge >= 0.3 is 5.97 Å². The second kappa shape index (κ2) is 5.90. The number of hydrogen-bond donors (Lipinski definition) is 3. The van der Waals surface area contributed by atoms with Crippen molar-refractivity contribution in [2.75, 3.05) is 0 Å². The number of carbonyl (C=O) groups is 2. The van der Waals surface area contributed by atoms with E-state index >= 15 is 0 Å². The van der Waals surface area contributed by atoms with Gasteiger partial charge in [0.1, 0.15) is 0 Å². The van der Waals surface area contributed by atoms with Crippen LogP contribution in [0.5, 0.6) is 0 Å². The second-order valence-corrected chi connectivity index (χ2v) is 6.59. The van der Waals surface area contributed by atoms with Crippen LogP contribution in [0, 0.1) is 5.92 Å². The Morgan fingerprint density at radius 2 is 2.11 bits per heavy atom. The summed E-state index contributed by atoms with van der Waals surface area (Å²) < 4.78 is 0. The van der Waals surface area contributed by atoms with E-state index in [9.17, 15) is 9.59 Å². The Morgan fingerprint density at radius 3 is 2.63 bits per heavy atom. The smallest absolute Gasteiger partial charge is 0.303 e. The van der Waals surface area contributed by atoms with Crippen LogP contribution >= 0.6 is 0 Å². The van der Waals surface area contributed by atoms with Gasteiger partial charge in [0.05, 0.1) is 5.54 Å². The van der Waals surface area contributed by atoms with E-state index in [0.717, 1.165) is 12.8 Å². The summed E-state index contributed by atoms with van der Waals surface area (Å²) in [5, 5.41) is 11.6. The minimum Gasteiger partial charge on any atom is -0.481 e. The lowest BCUT2D eigenvalue weighted by molar-refractivity contribution is -0.138. The highest BCUT2D eigenvalue weighted by Gasteiger charge is 2.39. The predicted octanol–water partition coefficient (Wildman–Crippen LogP) is 1.65. The van der Waals surface area contributed by atoms with Gasteiger partial charge in [-0.05, 0) is 39.0 Å². The largest absolute Gasteiger partial charge is 0.481 e. The molecular formula is C14H26N2O3. The normalized spacial score (nSPS) is 27.9. The van der Waals surface area contributed by atoms with Crippen LogP contribution in [0.4, 0.5) is 0 Å². The SMILES string of the molecule is CC1CCCC(N)(C(=O)NC(C)(C)CCC(=O)O)C1. The van der Waals surface area contributed by atoms with Crippen LogP contribution in [-0.4, -0.2) is 28.1 Å². The first kappa shape index (κ1) is 16.0. The molecule has 4 N–H and O–H groups in total. The highest BCUT2D eigenvalue weighted by atomic mass is 16.4. The molecule has 19 heavy (non-hydrogen) atoms. The van der Waals surface area contributed by atoms with Crippen LogP contribution in [0.15, 0.2) is 0 Å². The molecule has 0 aliphatic heterocycles. The molecule has 0 bridgehead atoms. The molecule has 5 nitrogen and oxygen atoms in total. The Labute approximate surface area is 114 Å². The van der Waals surface area contributed by atoms with Crippen molar-refractivity contribution in [2.45, 2.75) is 70.4 Å². The van der Waals surface area contributed by atoms with E-state index in [4.69, 9.17) is 10.8 Å². The van der Waals surface area contributed by atoms with E-state index in [0.29, 0.717) is 25.2 Å². The second-order valence-electron chi connectivity index (χ2n) is 6.59. The molecule has 0 aromatic rings. The molecule has 1 amide bonds. The molecule has 110 valence electrons. The molecule has 1 fully saturated rings. The zero-order valence-corrected chi connectivity index (χ0v) is 12.2. The molecule has 0 saturated heterocycles. The average Bonchev–Trinajstić information content (AvgIpc) is 2.25. The number of hydrogen-bond acceptors (Lipinski definition) is 3. The fourth-order valence-corrected chi connectivity index (χ4v) is 2.71. The maximum absolute atomic E-state index is 12.3. The van der Waals surface area contributed by atoms with Gasteiger partial charge in [0.2, 0.25) is 5.91 Å². The van der Waals surface area contributed by atoms with Crippen LogP contribution in [0.25, 0.3) is 0 Å². The molecule has 1 saturated carbocycles. The van der Waals surface area contributed by atoms with E-state index in [-0.39, 0.29) is 12.3 Å². The van der Waals surface area contributed by atoms with Crippen molar-refractivity contribution in [3.05, 3.63) is 0 Å². The van der Waals surface area contributed by atoms with Gasteiger partial charge in [0, 0.05) is 12.0 Å². The lowest BCUT2D eigenvalue weighted by Gasteiger charge is -2.38. The van der Waals surface area contributed by atoms with Crippen molar-refractivity contribution in [3.63, 3.8) is 0 Å². The van der Waals surface area contributed by atoms with Crippen molar-refractivity contribution in [2.24, 2.45) is 11.7 Å². The van der Waals surface area contributed by atoms with Gasteiger partial charge in [-0.25, -0.2) is 0 Å². The standard InChI is InChI=1S/C14H26N2O3/c1-10-5-4-7-14(15,9-10)12(19)16-13(2,3)8-6-11(17)18/h10H,4-9,15H2,1-3H3,(H,16,19)(H,17,18). The Hall–Kier alpha value is -1.10. The molecule has 0 spiro atoms. The highest BCUT2D eigenvalue weighted by molar-refractivity contribution is 5.86. The van der Waals surface area contributed by atoms with Crippen LogP contribution in [0.3, 0.4) is 0 Å². The van der Waals surface area contributed by atoms with Crippen molar-refractivity contribution < 1.29 is 14.7 Å². The summed E-state index contributed by atoms with van der Waals surface area (Å²) in [4.78, 5) is 22.9. The van der Waals surface area contributed by atoms with Crippen molar-refractivity contribution in [1.29, 1.82) is 0 Å². The lowest BCUT2D eigenvalue weighted by atomic mass is 9.76. The number of rotatable bonds is 5. The quantitative estimate of drug-likeness (QED) is 0.708. The van der Waals surface area contributed by atoms with Crippen molar-refractivity contribution >= 4 is 11.9 Å². The molecule has 1 rings (SSSR count). The molecule has 0 radical (unpaired) electrons. The topological polar surface area (TPSA) is 92.4 Å². The molecule has 5 heteroatoms.